The Morgan fingerprint density at radius 3 is 2.50 bits per heavy atom. The first-order chi connectivity index (χ1) is 12.3. The number of anilines is 1. The molecule has 2 rings (SSSR count). The molecule has 1 aromatic heterocycles. The van der Waals surface area contributed by atoms with E-state index < -0.39 is 9.84 Å². The van der Waals surface area contributed by atoms with Crippen molar-refractivity contribution in [1.82, 2.24) is 10.3 Å². The van der Waals surface area contributed by atoms with Crippen LogP contribution in [0.3, 0.4) is 0 Å². The van der Waals surface area contributed by atoms with Crippen LogP contribution >= 0.6 is 0 Å². The number of pyridine rings is 1. The number of nitrogens with zero attached hydrogens (tertiary/aromatic N) is 2. The van der Waals surface area contributed by atoms with Crippen molar-refractivity contribution in [3.8, 4) is 0 Å². The van der Waals surface area contributed by atoms with Crippen LogP contribution in [-0.4, -0.2) is 52.9 Å². The molecule has 0 atom stereocenters. The van der Waals surface area contributed by atoms with Crippen molar-refractivity contribution >= 4 is 21.6 Å². The molecule has 0 saturated carbocycles. The maximum absolute atomic E-state index is 12.3. The Morgan fingerprint density at radius 2 is 1.88 bits per heavy atom. The van der Waals surface area contributed by atoms with Crippen molar-refractivity contribution < 1.29 is 17.9 Å². The minimum atomic E-state index is -3.40. The fourth-order valence-corrected chi connectivity index (χ4v) is 3.40. The predicted octanol–water partition coefficient (Wildman–Crippen LogP) is 1.50. The van der Waals surface area contributed by atoms with Crippen molar-refractivity contribution in [3.63, 3.8) is 0 Å². The van der Waals surface area contributed by atoms with Crippen LogP contribution < -0.4 is 10.2 Å². The van der Waals surface area contributed by atoms with E-state index in [2.05, 4.69) is 10.3 Å². The summed E-state index contributed by atoms with van der Waals surface area (Å²) in [4.78, 5) is 18.5. The first-order valence-corrected chi connectivity index (χ1v) is 9.71. The molecule has 0 aliphatic rings. The summed E-state index contributed by atoms with van der Waals surface area (Å²) in [5.74, 6) is 0.446. The Labute approximate surface area is 153 Å². The lowest BCUT2D eigenvalue weighted by Gasteiger charge is -2.12. The van der Waals surface area contributed by atoms with Crippen molar-refractivity contribution in [2.45, 2.75) is 11.4 Å². The van der Waals surface area contributed by atoms with Gasteiger partial charge in [0.25, 0.3) is 5.91 Å². The van der Waals surface area contributed by atoms with E-state index in [4.69, 9.17) is 4.74 Å². The zero-order valence-corrected chi connectivity index (χ0v) is 15.9. The zero-order valence-electron chi connectivity index (χ0n) is 15.1. The smallest absolute Gasteiger partial charge is 0.251 e. The molecule has 0 aliphatic carbocycles. The van der Waals surface area contributed by atoms with Gasteiger partial charge in [0, 0.05) is 39.5 Å². The second kappa shape index (κ2) is 8.77. The highest BCUT2D eigenvalue weighted by Gasteiger charge is 2.15. The number of rotatable bonds is 8. The number of carbonyl (C=O) groups excluding carboxylic acids is 1. The van der Waals surface area contributed by atoms with Crippen molar-refractivity contribution in [1.29, 1.82) is 0 Å². The number of hydrogen-bond acceptors (Lipinski definition) is 6. The Bertz CT molecular complexity index is 849. The molecule has 1 N–H and O–H groups in total. The molecule has 1 heterocycles. The van der Waals surface area contributed by atoms with Gasteiger partial charge in [-0.1, -0.05) is 0 Å². The molecule has 1 amide bonds. The third-order valence-corrected chi connectivity index (χ3v) is 5.45. The normalized spacial score (nSPS) is 11.2. The molecular weight excluding hydrogens is 354 g/mol. The molecule has 1 aromatic carbocycles. The number of nitrogens with one attached hydrogen (secondary N) is 1. The molecule has 140 valence electrons. The third-order valence-electron chi connectivity index (χ3n) is 3.75. The molecule has 2 aromatic rings. The number of amides is 1. The van der Waals surface area contributed by atoms with Gasteiger partial charge in [-0.15, -0.1) is 0 Å². The summed E-state index contributed by atoms with van der Waals surface area (Å²) in [7, 11) is 1.84. The summed E-state index contributed by atoms with van der Waals surface area (Å²) in [5.41, 5.74) is 1.33. The van der Waals surface area contributed by atoms with Gasteiger partial charge < -0.3 is 15.0 Å². The molecule has 0 aliphatic heterocycles. The lowest BCUT2D eigenvalue weighted by atomic mass is 10.2. The zero-order chi connectivity index (χ0) is 19.2. The SMILES string of the molecule is COCCS(=O)(=O)c1ccc(C(=O)NCc2ccnc(N(C)C)c2)cc1. The van der Waals surface area contributed by atoms with Gasteiger partial charge in [0.1, 0.15) is 5.82 Å². The summed E-state index contributed by atoms with van der Waals surface area (Å²) in [6.45, 7) is 0.488. The first kappa shape index (κ1) is 19.9. The standard InChI is InChI=1S/C18H23N3O4S/c1-21(2)17-12-14(8-9-19-17)13-20-18(22)15-4-6-16(7-5-15)26(23,24)11-10-25-3/h4-9,12H,10-11,13H2,1-3H3,(H,20,22). The lowest BCUT2D eigenvalue weighted by molar-refractivity contribution is 0.0951. The van der Waals surface area contributed by atoms with Crippen LogP contribution in [0.25, 0.3) is 0 Å². The van der Waals surface area contributed by atoms with Crippen LogP contribution in [-0.2, 0) is 21.1 Å². The Kier molecular flexibility index (Phi) is 6.70. The fourth-order valence-electron chi connectivity index (χ4n) is 2.22. The quantitative estimate of drug-likeness (QED) is 0.750. The van der Waals surface area contributed by atoms with Gasteiger partial charge >= 0.3 is 0 Å². The monoisotopic (exact) mass is 377 g/mol. The highest BCUT2D eigenvalue weighted by Crippen LogP contribution is 2.13. The molecule has 8 heteroatoms. The van der Waals surface area contributed by atoms with E-state index in [1.807, 2.05) is 31.1 Å². The van der Waals surface area contributed by atoms with Gasteiger partial charge in [-0.25, -0.2) is 13.4 Å². The molecule has 0 spiro atoms. The molecule has 0 radical (unpaired) electrons. The van der Waals surface area contributed by atoms with E-state index in [1.54, 1.807) is 6.20 Å². The summed E-state index contributed by atoms with van der Waals surface area (Å²) < 4.78 is 29.0. The molecular formula is C18H23N3O4S. The first-order valence-electron chi connectivity index (χ1n) is 8.05. The van der Waals surface area contributed by atoms with Gasteiger partial charge in [-0.3, -0.25) is 4.79 Å². The van der Waals surface area contributed by atoms with E-state index in [-0.39, 0.29) is 23.2 Å². The van der Waals surface area contributed by atoms with Gasteiger partial charge in [0.2, 0.25) is 0 Å². The van der Waals surface area contributed by atoms with Crippen molar-refractivity contribution in [2.75, 3.05) is 38.5 Å². The van der Waals surface area contributed by atoms with E-state index in [0.29, 0.717) is 12.1 Å². The largest absolute Gasteiger partial charge is 0.384 e. The number of methoxy groups -OCH3 is 1. The van der Waals surface area contributed by atoms with Crippen LogP contribution in [0.5, 0.6) is 0 Å². The summed E-state index contributed by atoms with van der Waals surface area (Å²) in [6, 6.07) is 9.62. The molecule has 0 fully saturated rings. The highest BCUT2D eigenvalue weighted by molar-refractivity contribution is 7.91. The van der Waals surface area contributed by atoms with Crippen molar-refractivity contribution in [3.05, 3.63) is 53.7 Å². The van der Waals surface area contributed by atoms with Gasteiger partial charge in [0.15, 0.2) is 9.84 Å². The minimum Gasteiger partial charge on any atom is -0.384 e. The van der Waals surface area contributed by atoms with Gasteiger partial charge in [0.05, 0.1) is 17.3 Å². The minimum absolute atomic E-state index is 0.0920. The van der Waals surface area contributed by atoms with Crippen LogP contribution in [0.4, 0.5) is 5.82 Å². The predicted molar refractivity (Wildman–Crippen MR) is 100 cm³/mol. The van der Waals surface area contributed by atoms with E-state index in [0.717, 1.165) is 11.4 Å². The van der Waals surface area contributed by atoms with Gasteiger partial charge in [-0.05, 0) is 42.0 Å². The highest BCUT2D eigenvalue weighted by atomic mass is 32.2. The number of ether oxygens (including phenoxy) is 1. The average molecular weight is 377 g/mol. The number of sulfone groups is 1. The van der Waals surface area contributed by atoms with E-state index in [9.17, 15) is 13.2 Å². The van der Waals surface area contributed by atoms with Crippen LogP contribution in [0.15, 0.2) is 47.5 Å². The number of carbonyl (C=O) groups is 1. The average Bonchev–Trinajstić information content (AvgIpc) is 2.64. The number of hydrogen-bond donors (Lipinski definition) is 1. The van der Waals surface area contributed by atoms with Crippen LogP contribution in [0, 0.1) is 0 Å². The molecule has 0 saturated heterocycles. The Hall–Kier alpha value is -2.45. The molecule has 26 heavy (non-hydrogen) atoms. The third kappa shape index (κ3) is 5.27. The van der Waals surface area contributed by atoms with Gasteiger partial charge in [-0.2, -0.15) is 0 Å². The summed E-state index contributed by atoms with van der Waals surface area (Å²) in [5, 5.41) is 2.82. The second-order valence-corrected chi connectivity index (χ2v) is 8.04. The maximum atomic E-state index is 12.3. The second-order valence-electron chi connectivity index (χ2n) is 5.94. The summed E-state index contributed by atoms with van der Waals surface area (Å²) in [6.07, 6.45) is 1.69. The van der Waals surface area contributed by atoms with Crippen LogP contribution in [0.1, 0.15) is 15.9 Å². The number of benzene rings is 1. The summed E-state index contributed by atoms with van der Waals surface area (Å²) >= 11 is 0. The number of aromatic nitrogens is 1. The Balaban J connectivity index is 2.01. The maximum Gasteiger partial charge on any atom is 0.251 e. The van der Waals surface area contributed by atoms with Crippen molar-refractivity contribution in [2.24, 2.45) is 0 Å². The molecule has 7 nitrogen and oxygen atoms in total. The topological polar surface area (TPSA) is 88.6 Å². The van der Waals surface area contributed by atoms with E-state index in [1.165, 1.54) is 31.4 Å². The molecule has 0 bridgehead atoms. The van der Waals surface area contributed by atoms with E-state index >= 15 is 0 Å². The lowest BCUT2D eigenvalue weighted by Crippen LogP contribution is -2.23. The van der Waals surface area contributed by atoms with Crippen LogP contribution in [0.2, 0.25) is 0 Å². The Morgan fingerprint density at radius 1 is 1.19 bits per heavy atom. The molecule has 0 unspecified atom stereocenters. The fraction of sp³-hybridized carbons (Fsp3) is 0.333.